The summed E-state index contributed by atoms with van der Waals surface area (Å²) in [5, 5.41) is 16.0. The average molecular weight is 353 g/mol. The van der Waals surface area contributed by atoms with Crippen molar-refractivity contribution >= 4 is 11.7 Å². The Morgan fingerprint density at radius 3 is 2.81 bits per heavy atom. The van der Waals surface area contributed by atoms with E-state index in [9.17, 15) is 10.1 Å². The van der Waals surface area contributed by atoms with Crippen LogP contribution < -0.4 is 15.5 Å². The molecule has 1 unspecified atom stereocenters. The number of nitriles is 1. The lowest BCUT2D eigenvalue weighted by Gasteiger charge is -2.34. The highest BCUT2D eigenvalue weighted by atomic mass is 16.2. The molecule has 6 nitrogen and oxygen atoms in total. The smallest absolute Gasteiger partial charge is 0.226 e. The number of nitrogens with one attached hydrogen (secondary N) is 2. The van der Waals surface area contributed by atoms with Gasteiger partial charge in [0.25, 0.3) is 0 Å². The molecule has 2 saturated heterocycles. The summed E-state index contributed by atoms with van der Waals surface area (Å²) < 4.78 is 0. The van der Waals surface area contributed by atoms with E-state index < -0.39 is 0 Å². The third-order valence-electron chi connectivity index (χ3n) is 6.84. The van der Waals surface area contributed by atoms with E-state index in [0.29, 0.717) is 5.56 Å². The number of pyridine rings is 1. The predicted molar refractivity (Wildman–Crippen MR) is 99.6 cm³/mol. The number of hydrogen-bond donors (Lipinski definition) is 2. The van der Waals surface area contributed by atoms with Gasteiger partial charge in [-0.2, -0.15) is 5.26 Å². The topological polar surface area (TPSA) is 81.1 Å². The molecule has 3 fully saturated rings. The summed E-state index contributed by atoms with van der Waals surface area (Å²) in [5.41, 5.74) is 0.674. The fourth-order valence-corrected chi connectivity index (χ4v) is 4.90. The van der Waals surface area contributed by atoms with Crippen molar-refractivity contribution in [2.75, 3.05) is 31.1 Å². The van der Waals surface area contributed by atoms with Gasteiger partial charge in [-0.05, 0) is 62.7 Å². The van der Waals surface area contributed by atoms with E-state index >= 15 is 0 Å². The molecule has 1 aliphatic carbocycles. The number of anilines is 1. The van der Waals surface area contributed by atoms with Crippen LogP contribution in [0.5, 0.6) is 0 Å². The lowest BCUT2D eigenvalue weighted by Crippen LogP contribution is -2.48. The molecule has 0 aromatic carbocycles. The third kappa shape index (κ3) is 2.84. The quantitative estimate of drug-likeness (QED) is 0.866. The van der Waals surface area contributed by atoms with Crippen molar-refractivity contribution in [2.24, 2.45) is 10.8 Å². The van der Waals surface area contributed by atoms with E-state index in [0.717, 1.165) is 64.1 Å². The highest BCUT2D eigenvalue weighted by Gasteiger charge is 2.67. The number of carbonyl (C=O) groups excluding carboxylic acids is 1. The maximum Gasteiger partial charge on any atom is 0.226 e. The van der Waals surface area contributed by atoms with Gasteiger partial charge in [0.2, 0.25) is 5.91 Å². The van der Waals surface area contributed by atoms with Crippen LogP contribution in [0.4, 0.5) is 5.82 Å². The van der Waals surface area contributed by atoms with E-state index in [1.807, 2.05) is 6.07 Å². The molecule has 0 bridgehead atoms. The predicted octanol–water partition coefficient (Wildman–Crippen LogP) is 1.82. The van der Waals surface area contributed by atoms with Crippen LogP contribution in [-0.2, 0) is 4.79 Å². The highest BCUT2D eigenvalue weighted by Crippen LogP contribution is 2.68. The zero-order valence-corrected chi connectivity index (χ0v) is 15.4. The molecular formula is C20H27N5O. The minimum Gasteiger partial charge on any atom is -0.355 e. The molecule has 1 aromatic heterocycles. The summed E-state index contributed by atoms with van der Waals surface area (Å²) >= 11 is 0. The lowest BCUT2D eigenvalue weighted by molar-refractivity contribution is -0.128. The Bertz CT molecular complexity index is 728. The zero-order valence-electron chi connectivity index (χ0n) is 15.4. The summed E-state index contributed by atoms with van der Waals surface area (Å²) in [6.45, 7) is 5.86. The molecule has 1 aromatic rings. The molecule has 6 heteroatoms. The van der Waals surface area contributed by atoms with Crippen molar-refractivity contribution in [2.45, 2.75) is 45.1 Å². The number of carbonyl (C=O) groups is 1. The second-order valence-electron chi connectivity index (χ2n) is 8.26. The van der Waals surface area contributed by atoms with Crippen molar-refractivity contribution in [1.29, 1.82) is 5.26 Å². The number of aromatic nitrogens is 1. The van der Waals surface area contributed by atoms with Crippen molar-refractivity contribution in [3.05, 3.63) is 23.9 Å². The van der Waals surface area contributed by atoms with Gasteiger partial charge in [0.1, 0.15) is 11.9 Å². The molecule has 26 heavy (non-hydrogen) atoms. The average Bonchev–Trinajstić information content (AvgIpc) is 3.26. The van der Waals surface area contributed by atoms with Gasteiger partial charge in [-0.15, -0.1) is 0 Å². The van der Waals surface area contributed by atoms with Crippen LogP contribution in [0.1, 0.15) is 44.6 Å². The van der Waals surface area contributed by atoms with Crippen molar-refractivity contribution < 1.29 is 4.79 Å². The zero-order chi connectivity index (χ0) is 18.2. The number of rotatable bonds is 3. The van der Waals surface area contributed by atoms with E-state index in [2.05, 4.69) is 33.5 Å². The molecule has 138 valence electrons. The monoisotopic (exact) mass is 353 g/mol. The maximum atomic E-state index is 12.9. The van der Waals surface area contributed by atoms with Crippen LogP contribution in [0.25, 0.3) is 0 Å². The van der Waals surface area contributed by atoms with Gasteiger partial charge in [-0.1, -0.05) is 6.92 Å². The molecular weight excluding hydrogens is 326 g/mol. The first kappa shape index (κ1) is 17.3. The summed E-state index contributed by atoms with van der Waals surface area (Å²) in [7, 11) is 0. The van der Waals surface area contributed by atoms with Crippen molar-refractivity contribution in [3.63, 3.8) is 0 Å². The fourth-order valence-electron chi connectivity index (χ4n) is 4.90. The summed E-state index contributed by atoms with van der Waals surface area (Å²) in [4.78, 5) is 19.5. The number of hydrogen-bond acceptors (Lipinski definition) is 5. The number of amides is 1. The molecule has 2 N–H and O–H groups in total. The Kier molecular flexibility index (Phi) is 4.36. The lowest BCUT2D eigenvalue weighted by atomic mass is 9.85. The van der Waals surface area contributed by atoms with Gasteiger partial charge in [0, 0.05) is 25.3 Å². The maximum absolute atomic E-state index is 12.9. The van der Waals surface area contributed by atoms with Gasteiger partial charge in [-0.3, -0.25) is 4.79 Å². The minimum atomic E-state index is -0.179. The Labute approximate surface area is 155 Å². The van der Waals surface area contributed by atoms with Gasteiger partial charge >= 0.3 is 0 Å². The third-order valence-corrected chi connectivity index (χ3v) is 6.84. The van der Waals surface area contributed by atoms with E-state index in [1.54, 1.807) is 12.3 Å². The Morgan fingerprint density at radius 1 is 1.38 bits per heavy atom. The molecule has 1 amide bonds. The van der Waals surface area contributed by atoms with E-state index in [4.69, 9.17) is 0 Å². The molecule has 1 atom stereocenters. The Hall–Kier alpha value is -2.13. The number of piperidine rings is 2. The summed E-state index contributed by atoms with van der Waals surface area (Å²) in [5.74, 6) is 1.01. The normalized spacial score (nSPS) is 27.8. The van der Waals surface area contributed by atoms with Gasteiger partial charge in [0.05, 0.1) is 11.0 Å². The first-order valence-electron chi connectivity index (χ1n) is 9.70. The molecule has 4 rings (SSSR count). The van der Waals surface area contributed by atoms with Crippen LogP contribution in [0.15, 0.2) is 18.3 Å². The van der Waals surface area contributed by atoms with Crippen LogP contribution in [0.2, 0.25) is 0 Å². The van der Waals surface area contributed by atoms with Gasteiger partial charge in [0.15, 0.2) is 0 Å². The van der Waals surface area contributed by atoms with Crippen LogP contribution in [0, 0.1) is 22.2 Å². The standard InChI is InChI=1S/C20H27N5O/c1-19(14-20(19)6-9-22-10-7-20)18(26)24-16-4-11-25(12-5-16)17-15(13-21)3-2-8-23-17/h2-3,8,16,22H,4-7,9-12,14H2,1H3,(H,24,26). The minimum absolute atomic E-state index is 0.179. The van der Waals surface area contributed by atoms with E-state index in [-0.39, 0.29) is 22.8 Å². The number of nitrogens with zero attached hydrogens (tertiary/aromatic N) is 3. The van der Waals surface area contributed by atoms with Gasteiger partial charge in [-0.25, -0.2) is 4.98 Å². The molecule has 3 heterocycles. The molecule has 1 spiro atoms. The van der Waals surface area contributed by atoms with Crippen molar-refractivity contribution in [1.82, 2.24) is 15.6 Å². The first-order chi connectivity index (χ1) is 12.6. The summed E-state index contributed by atoms with van der Waals surface area (Å²) in [6, 6.07) is 6.05. The van der Waals surface area contributed by atoms with Crippen LogP contribution in [-0.4, -0.2) is 43.1 Å². The fraction of sp³-hybridized carbons (Fsp3) is 0.650. The molecule has 1 saturated carbocycles. The second-order valence-corrected chi connectivity index (χ2v) is 8.26. The highest BCUT2D eigenvalue weighted by molar-refractivity contribution is 5.87. The van der Waals surface area contributed by atoms with Crippen molar-refractivity contribution in [3.8, 4) is 6.07 Å². The van der Waals surface area contributed by atoms with E-state index in [1.165, 1.54) is 0 Å². The van der Waals surface area contributed by atoms with Gasteiger partial charge < -0.3 is 15.5 Å². The molecule has 3 aliphatic rings. The largest absolute Gasteiger partial charge is 0.355 e. The Balaban J connectivity index is 1.33. The Morgan fingerprint density at radius 2 is 2.12 bits per heavy atom. The van der Waals surface area contributed by atoms with Crippen LogP contribution >= 0.6 is 0 Å². The summed E-state index contributed by atoms with van der Waals surface area (Å²) in [6.07, 6.45) is 6.80. The second kappa shape index (κ2) is 6.55. The SMILES string of the molecule is CC1(C(=O)NC2CCN(c3ncccc3C#N)CC2)CC12CCNCC2. The first-order valence-corrected chi connectivity index (χ1v) is 9.70. The van der Waals surface area contributed by atoms with Crippen LogP contribution in [0.3, 0.4) is 0 Å². The molecule has 0 radical (unpaired) electrons. The molecule has 2 aliphatic heterocycles.